The first-order chi connectivity index (χ1) is 5.13. The molecular formula is C7H3ClFNaO2. The van der Waals surface area contributed by atoms with Crippen molar-refractivity contribution < 1.29 is 43.8 Å². The minimum Gasteiger partial charge on any atom is -0.545 e. The van der Waals surface area contributed by atoms with E-state index in [1.165, 1.54) is 12.1 Å². The van der Waals surface area contributed by atoms with Gasteiger partial charge in [-0.15, -0.1) is 0 Å². The molecule has 1 rings (SSSR count). The SMILES string of the molecule is O=C([O-])c1cccc(F)c1Cl.[Na+]. The van der Waals surface area contributed by atoms with Gasteiger partial charge in [0, 0.05) is 5.56 Å². The van der Waals surface area contributed by atoms with Crippen LogP contribution in [0.1, 0.15) is 10.4 Å². The second kappa shape index (κ2) is 4.82. The van der Waals surface area contributed by atoms with Crippen LogP contribution in [0.4, 0.5) is 4.39 Å². The zero-order chi connectivity index (χ0) is 8.43. The van der Waals surface area contributed by atoms with Crippen LogP contribution in [0.2, 0.25) is 5.02 Å². The predicted octanol–water partition coefficient (Wildman–Crippen LogP) is -2.15. The number of hydrogen-bond donors (Lipinski definition) is 0. The summed E-state index contributed by atoms with van der Waals surface area (Å²) in [5.74, 6) is -2.23. The van der Waals surface area contributed by atoms with E-state index < -0.39 is 16.8 Å². The van der Waals surface area contributed by atoms with E-state index >= 15 is 0 Å². The standard InChI is InChI=1S/C7H4ClFO2.Na/c8-6-4(7(10)11)2-1-3-5(6)9;/h1-3H,(H,10,11);/q;+1/p-1. The van der Waals surface area contributed by atoms with Gasteiger partial charge < -0.3 is 9.90 Å². The molecule has 0 radical (unpaired) electrons. The quantitative estimate of drug-likeness (QED) is 0.481. The van der Waals surface area contributed by atoms with Crippen molar-refractivity contribution in [3.05, 3.63) is 34.6 Å². The number of halogens is 2. The third-order valence-corrected chi connectivity index (χ3v) is 1.56. The summed E-state index contributed by atoms with van der Waals surface area (Å²) < 4.78 is 12.5. The molecule has 58 valence electrons. The van der Waals surface area contributed by atoms with Crippen LogP contribution in [0.15, 0.2) is 18.2 Å². The van der Waals surface area contributed by atoms with Crippen molar-refractivity contribution >= 4 is 17.6 Å². The van der Waals surface area contributed by atoms with Gasteiger partial charge in [-0.3, -0.25) is 0 Å². The Morgan fingerprint density at radius 3 is 2.50 bits per heavy atom. The summed E-state index contributed by atoms with van der Waals surface area (Å²) in [4.78, 5) is 10.2. The van der Waals surface area contributed by atoms with Crippen molar-refractivity contribution in [3.8, 4) is 0 Å². The van der Waals surface area contributed by atoms with Gasteiger partial charge in [-0.1, -0.05) is 23.7 Å². The van der Waals surface area contributed by atoms with Crippen LogP contribution in [0.5, 0.6) is 0 Å². The Morgan fingerprint density at radius 2 is 2.08 bits per heavy atom. The Kier molecular flexibility index (Phi) is 4.78. The normalized spacial score (nSPS) is 8.83. The van der Waals surface area contributed by atoms with Crippen molar-refractivity contribution in [2.45, 2.75) is 0 Å². The number of aromatic carboxylic acids is 1. The molecule has 1 aromatic carbocycles. The smallest absolute Gasteiger partial charge is 0.545 e. The largest absolute Gasteiger partial charge is 1.00 e. The summed E-state index contributed by atoms with van der Waals surface area (Å²) in [6, 6.07) is 3.52. The van der Waals surface area contributed by atoms with Crippen molar-refractivity contribution in [2.24, 2.45) is 0 Å². The predicted molar refractivity (Wildman–Crippen MR) is 35.7 cm³/mol. The molecule has 0 unspecified atom stereocenters. The van der Waals surface area contributed by atoms with E-state index in [0.717, 1.165) is 6.07 Å². The van der Waals surface area contributed by atoms with Gasteiger partial charge in [0.05, 0.1) is 11.0 Å². The van der Waals surface area contributed by atoms with E-state index in [2.05, 4.69) is 0 Å². The number of hydrogen-bond acceptors (Lipinski definition) is 2. The Bertz CT molecular complexity index is 303. The first-order valence-electron chi connectivity index (χ1n) is 2.78. The maximum Gasteiger partial charge on any atom is 1.00 e. The van der Waals surface area contributed by atoms with E-state index in [4.69, 9.17) is 11.6 Å². The van der Waals surface area contributed by atoms with Gasteiger partial charge in [0.15, 0.2) is 0 Å². The molecule has 2 nitrogen and oxygen atoms in total. The summed E-state index contributed by atoms with van der Waals surface area (Å²) in [5.41, 5.74) is -0.327. The van der Waals surface area contributed by atoms with Crippen molar-refractivity contribution in [1.29, 1.82) is 0 Å². The van der Waals surface area contributed by atoms with Crippen molar-refractivity contribution in [3.63, 3.8) is 0 Å². The average molecular weight is 197 g/mol. The molecule has 0 bridgehead atoms. The van der Waals surface area contributed by atoms with Crippen molar-refractivity contribution in [2.75, 3.05) is 0 Å². The molecule has 0 saturated heterocycles. The molecule has 5 heteroatoms. The third kappa shape index (κ3) is 2.45. The molecule has 0 aromatic heterocycles. The first kappa shape index (κ1) is 11.9. The van der Waals surface area contributed by atoms with Gasteiger partial charge in [-0.25, -0.2) is 4.39 Å². The van der Waals surface area contributed by atoms with Crippen LogP contribution in [0.3, 0.4) is 0 Å². The molecule has 0 aliphatic carbocycles. The molecule has 0 N–H and O–H groups in total. The molecular weight excluding hydrogens is 194 g/mol. The zero-order valence-electron chi connectivity index (χ0n) is 6.30. The summed E-state index contributed by atoms with van der Waals surface area (Å²) in [6.07, 6.45) is 0. The maximum atomic E-state index is 12.5. The van der Waals surface area contributed by atoms with Crippen LogP contribution in [-0.2, 0) is 0 Å². The van der Waals surface area contributed by atoms with Gasteiger partial charge in [0.2, 0.25) is 0 Å². The van der Waals surface area contributed by atoms with Gasteiger partial charge in [-0.05, 0) is 6.07 Å². The van der Waals surface area contributed by atoms with E-state index in [-0.39, 0.29) is 35.1 Å². The Morgan fingerprint density at radius 1 is 1.50 bits per heavy atom. The Hall–Kier alpha value is -0.0900. The number of carboxylic acids is 1. The topological polar surface area (TPSA) is 40.1 Å². The molecule has 0 amide bonds. The van der Waals surface area contributed by atoms with Crippen molar-refractivity contribution in [1.82, 2.24) is 0 Å². The second-order valence-electron chi connectivity index (χ2n) is 1.89. The van der Waals surface area contributed by atoms with Crippen LogP contribution >= 0.6 is 11.6 Å². The summed E-state index contributed by atoms with van der Waals surface area (Å²) >= 11 is 5.29. The molecule has 0 atom stereocenters. The second-order valence-corrected chi connectivity index (χ2v) is 2.27. The number of benzene rings is 1. The zero-order valence-corrected chi connectivity index (χ0v) is 9.06. The summed E-state index contributed by atoms with van der Waals surface area (Å²) in [7, 11) is 0. The number of rotatable bonds is 1. The first-order valence-corrected chi connectivity index (χ1v) is 3.16. The van der Waals surface area contributed by atoms with Crippen LogP contribution < -0.4 is 34.7 Å². The van der Waals surface area contributed by atoms with E-state index in [9.17, 15) is 14.3 Å². The van der Waals surface area contributed by atoms with E-state index in [0.29, 0.717) is 0 Å². The van der Waals surface area contributed by atoms with Gasteiger partial charge in [-0.2, -0.15) is 0 Å². The molecule has 1 aromatic rings. The fourth-order valence-electron chi connectivity index (χ4n) is 0.661. The molecule has 12 heavy (non-hydrogen) atoms. The molecule has 0 saturated carbocycles. The fourth-order valence-corrected chi connectivity index (χ4v) is 0.865. The molecule has 0 spiro atoms. The molecule has 0 heterocycles. The van der Waals surface area contributed by atoms with Gasteiger partial charge in [0.25, 0.3) is 0 Å². The van der Waals surface area contributed by atoms with E-state index in [1.54, 1.807) is 0 Å². The Balaban J connectivity index is 0.00000121. The fraction of sp³-hybridized carbons (Fsp3) is 0. The van der Waals surface area contributed by atoms with Gasteiger partial charge >= 0.3 is 29.6 Å². The molecule has 0 aliphatic rings. The van der Waals surface area contributed by atoms with E-state index in [1.807, 2.05) is 0 Å². The monoisotopic (exact) mass is 196 g/mol. The average Bonchev–Trinajstić information content (AvgIpc) is 1.94. The minimum absolute atomic E-state index is 0. The number of carbonyl (C=O) groups is 1. The molecule has 0 fully saturated rings. The molecule has 0 aliphatic heterocycles. The maximum absolute atomic E-state index is 12.5. The minimum atomic E-state index is -1.48. The Labute approximate surface area is 95.6 Å². The summed E-state index contributed by atoms with van der Waals surface area (Å²) in [6.45, 7) is 0. The number of carboxylic acid groups (broad SMARTS) is 1. The third-order valence-electron chi connectivity index (χ3n) is 1.17. The van der Waals surface area contributed by atoms with Crippen LogP contribution in [-0.4, -0.2) is 5.97 Å². The summed E-state index contributed by atoms with van der Waals surface area (Å²) in [5, 5.41) is 9.80. The van der Waals surface area contributed by atoms with Gasteiger partial charge in [0.1, 0.15) is 5.82 Å². The number of carbonyl (C=O) groups excluding carboxylic acids is 1. The van der Waals surface area contributed by atoms with Crippen LogP contribution in [0, 0.1) is 5.82 Å². The van der Waals surface area contributed by atoms with Crippen LogP contribution in [0.25, 0.3) is 0 Å².